The second-order valence-electron chi connectivity index (χ2n) is 7.79. The molecule has 0 amide bonds. The summed E-state index contributed by atoms with van der Waals surface area (Å²) in [6.07, 6.45) is 10.2. The highest BCUT2D eigenvalue weighted by Gasteiger charge is 2.52. The smallest absolute Gasteiger partial charge is 0.306 e. The van der Waals surface area contributed by atoms with Crippen molar-refractivity contribution in [2.24, 2.45) is 17.8 Å². The average Bonchev–Trinajstić information content (AvgIpc) is 3.20. The molecular weight excluding hydrogens is 276 g/mol. The molecule has 0 N–H and O–H groups in total. The maximum absolute atomic E-state index is 12.6. The van der Waals surface area contributed by atoms with Gasteiger partial charge < -0.3 is 9.47 Å². The molecule has 0 aromatic carbocycles. The van der Waals surface area contributed by atoms with E-state index in [0.717, 1.165) is 38.0 Å². The topological polar surface area (TPSA) is 35.5 Å². The quantitative estimate of drug-likeness (QED) is 0.679. The third kappa shape index (κ3) is 2.93. The summed E-state index contributed by atoms with van der Waals surface area (Å²) in [7, 11) is 0. The maximum Gasteiger partial charge on any atom is 0.306 e. The summed E-state index contributed by atoms with van der Waals surface area (Å²) < 4.78 is 12.1. The summed E-state index contributed by atoms with van der Waals surface area (Å²) in [4.78, 5) is 12.6. The van der Waals surface area contributed by atoms with Crippen LogP contribution in [-0.2, 0) is 14.3 Å². The fourth-order valence-corrected chi connectivity index (χ4v) is 5.32. The van der Waals surface area contributed by atoms with Crippen LogP contribution >= 0.6 is 0 Å². The Labute approximate surface area is 135 Å². The van der Waals surface area contributed by atoms with Crippen LogP contribution < -0.4 is 0 Å². The first-order valence-electron chi connectivity index (χ1n) is 9.47. The third-order valence-corrected chi connectivity index (χ3v) is 6.58. The molecule has 1 saturated heterocycles. The molecule has 3 heteroatoms. The zero-order chi connectivity index (χ0) is 15.7. The van der Waals surface area contributed by atoms with Crippen molar-refractivity contribution in [1.29, 1.82) is 0 Å². The molecule has 6 atom stereocenters. The van der Waals surface area contributed by atoms with Crippen LogP contribution in [0.2, 0.25) is 0 Å². The van der Waals surface area contributed by atoms with E-state index in [4.69, 9.17) is 9.47 Å². The lowest BCUT2D eigenvalue weighted by Crippen LogP contribution is -2.40. The monoisotopic (exact) mass is 308 g/mol. The molecular formula is C19H32O3. The SMILES string of the molecule is CCC1CC(CC(=O)OC2(CC)CC3CCC2C3)C(CC)O1. The molecule has 3 nitrogen and oxygen atoms in total. The lowest BCUT2D eigenvalue weighted by Gasteiger charge is -2.37. The number of rotatable bonds is 6. The largest absolute Gasteiger partial charge is 0.459 e. The van der Waals surface area contributed by atoms with Gasteiger partial charge in [-0.15, -0.1) is 0 Å². The van der Waals surface area contributed by atoms with Crippen LogP contribution in [0.4, 0.5) is 0 Å². The second-order valence-corrected chi connectivity index (χ2v) is 7.79. The molecule has 22 heavy (non-hydrogen) atoms. The van der Waals surface area contributed by atoms with Crippen LogP contribution in [0.1, 0.15) is 78.6 Å². The van der Waals surface area contributed by atoms with E-state index in [2.05, 4.69) is 20.8 Å². The van der Waals surface area contributed by atoms with Crippen molar-refractivity contribution in [3.05, 3.63) is 0 Å². The molecule has 2 aliphatic carbocycles. The minimum atomic E-state index is -0.134. The van der Waals surface area contributed by atoms with Gasteiger partial charge in [0.25, 0.3) is 0 Å². The molecule has 1 aliphatic heterocycles. The molecule has 2 bridgehead atoms. The molecule has 0 aromatic heterocycles. The van der Waals surface area contributed by atoms with E-state index in [-0.39, 0.29) is 17.7 Å². The number of fused-ring (bicyclic) bond motifs is 2. The normalized spacial score (nSPS) is 43.7. The fraction of sp³-hybridized carbons (Fsp3) is 0.947. The van der Waals surface area contributed by atoms with Crippen molar-refractivity contribution in [2.45, 2.75) is 96.4 Å². The van der Waals surface area contributed by atoms with E-state index in [1.54, 1.807) is 0 Å². The number of esters is 1. The molecule has 6 unspecified atom stereocenters. The summed E-state index contributed by atoms with van der Waals surface area (Å²) in [5.41, 5.74) is -0.134. The average molecular weight is 308 g/mol. The summed E-state index contributed by atoms with van der Waals surface area (Å²) >= 11 is 0. The van der Waals surface area contributed by atoms with Gasteiger partial charge in [-0.1, -0.05) is 20.8 Å². The maximum atomic E-state index is 12.6. The number of hydrogen-bond acceptors (Lipinski definition) is 3. The molecule has 3 rings (SSSR count). The van der Waals surface area contributed by atoms with Crippen molar-refractivity contribution in [1.82, 2.24) is 0 Å². The predicted molar refractivity (Wildman–Crippen MR) is 86.5 cm³/mol. The van der Waals surface area contributed by atoms with Crippen molar-refractivity contribution in [2.75, 3.05) is 0 Å². The summed E-state index contributed by atoms with van der Waals surface area (Å²) in [5, 5.41) is 0. The van der Waals surface area contributed by atoms with Gasteiger partial charge in [-0.25, -0.2) is 0 Å². The molecule has 3 aliphatic rings. The van der Waals surface area contributed by atoms with E-state index in [1.165, 1.54) is 19.3 Å². The van der Waals surface area contributed by atoms with Crippen molar-refractivity contribution in [3.63, 3.8) is 0 Å². The van der Waals surface area contributed by atoms with E-state index in [9.17, 15) is 4.79 Å². The Morgan fingerprint density at radius 3 is 2.55 bits per heavy atom. The Bertz CT molecular complexity index is 407. The molecule has 2 saturated carbocycles. The minimum Gasteiger partial charge on any atom is -0.459 e. The van der Waals surface area contributed by atoms with Crippen LogP contribution in [0, 0.1) is 17.8 Å². The Hall–Kier alpha value is -0.570. The van der Waals surface area contributed by atoms with Crippen LogP contribution in [0.3, 0.4) is 0 Å². The van der Waals surface area contributed by atoms with Gasteiger partial charge in [0.15, 0.2) is 0 Å². The first-order chi connectivity index (χ1) is 10.6. The van der Waals surface area contributed by atoms with Gasteiger partial charge in [0, 0.05) is 0 Å². The molecule has 3 fully saturated rings. The molecule has 0 radical (unpaired) electrons. The third-order valence-electron chi connectivity index (χ3n) is 6.58. The van der Waals surface area contributed by atoms with Crippen LogP contribution in [0.25, 0.3) is 0 Å². The first-order valence-corrected chi connectivity index (χ1v) is 9.47. The Balaban J connectivity index is 1.58. The van der Waals surface area contributed by atoms with Gasteiger partial charge in [0.05, 0.1) is 18.6 Å². The van der Waals surface area contributed by atoms with Gasteiger partial charge in [0.2, 0.25) is 0 Å². The Morgan fingerprint density at radius 1 is 1.18 bits per heavy atom. The Kier molecular flexibility index (Phi) is 4.82. The Morgan fingerprint density at radius 2 is 2.00 bits per heavy atom. The van der Waals surface area contributed by atoms with Crippen molar-refractivity contribution < 1.29 is 14.3 Å². The lowest BCUT2D eigenvalue weighted by molar-refractivity contribution is -0.168. The summed E-state index contributed by atoms with van der Waals surface area (Å²) in [6.45, 7) is 6.51. The summed E-state index contributed by atoms with van der Waals surface area (Å²) in [6, 6.07) is 0. The van der Waals surface area contributed by atoms with Crippen LogP contribution in [0.15, 0.2) is 0 Å². The van der Waals surface area contributed by atoms with Gasteiger partial charge in [0.1, 0.15) is 5.60 Å². The van der Waals surface area contributed by atoms with Gasteiger partial charge >= 0.3 is 5.97 Å². The van der Waals surface area contributed by atoms with Crippen LogP contribution in [0.5, 0.6) is 0 Å². The van der Waals surface area contributed by atoms with E-state index < -0.39 is 0 Å². The van der Waals surface area contributed by atoms with Crippen molar-refractivity contribution in [3.8, 4) is 0 Å². The van der Waals surface area contributed by atoms with Gasteiger partial charge in [-0.2, -0.15) is 0 Å². The minimum absolute atomic E-state index is 0.0261. The van der Waals surface area contributed by atoms with Gasteiger partial charge in [-0.05, 0) is 69.1 Å². The number of carbonyl (C=O) groups excluding carboxylic acids is 1. The highest BCUT2D eigenvalue weighted by atomic mass is 16.6. The van der Waals surface area contributed by atoms with Crippen LogP contribution in [-0.4, -0.2) is 23.8 Å². The zero-order valence-corrected chi connectivity index (χ0v) is 14.5. The number of carbonyl (C=O) groups is 1. The number of hydrogen-bond donors (Lipinski definition) is 0. The first kappa shape index (κ1) is 16.3. The zero-order valence-electron chi connectivity index (χ0n) is 14.5. The molecule has 0 aromatic rings. The highest BCUT2D eigenvalue weighted by Crippen LogP contribution is 2.54. The van der Waals surface area contributed by atoms with Gasteiger partial charge in [-0.3, -0.25) is 4.79 Å². The summed E-state index contributed by atoms with van der Waals surface area (Å²) in [5.74, 6) is 1.81. The van der Waals surface area contributed by atoms with E-state index >= 15 is 0 Å². The fourth-order valence-electron chi connectivity index (χ4n) is 5.32. The lowest BCUT2D eigenvalue weighted by atomic mass is 9.82. The highest BCUT2D eigenvalue weighted by molar-refractivity contribution is 5.70. The second kappa shape index (κ2) is 6.51. The number of ether oxygens (including phenoxy) is 2. The predicted octanol–water partition coefficient (Wildman–Crippen LogP) is 4.48. The standard InChI is InChI=1S/C19H32O3/c1-4-16-10-14(17(5-2)21-16)11-18(20)22-19(6-3)12-13-7-8-15(19)9-13/h13-17H,4-12H2,1-3H3. The van der Waals surface area contributed by atoms with Crippen molar-refractivity contribution >= 4 is 5.97 Å². The van der Waals surface area contributed by atoms with E-state index in [0.29, 0.717) is 24.4 Å². The molecule has 126 valence electrons. The molecule has 0 spiro atoms. The van der Waals surface area contributed by atoms with E-state index in [1.807, 2.05) is 0 Å². The molecule has 1 heterocycles.